The maximum atomic E-state index is 12.1. The summed E-state index contributed by atoms with van der Waals surface area (Å²) in [6.07, 6.45) is 1.58. The van der Waals surface area contributed by atoms with Crippen molar-refractivity contribution in [1.82, 2.24) is 10.7 Å². The minimum Gasteiger partial charge on any atom is -0.497 e. The summed E-state index contributed by atoms with van der Waals surface area (Å²) < 4.78 is 16.3. The Morgan fingerprint density at radius 1 is 0.943 bits per heavy atom. The first-order chi connectivity index (χ1) is 17.0. The fraction of sp³-hybridized carbons (Fsp3) is 0.192. The van der Waals surface area contributed by atoms with E-state index in [1.54, 1.807) is 68.8 Å². The minimum absolute atomic E-state index is 0.0834. The van der Waals surface area contributed by atoms with Crippen LogP contribution in [0.15, 0.2) is 71.8 Å². The van der Waals surface area contributed by atoms with Crippen LogP contribution in [0.4, 0.5) is 0 Å². The first kappa shape index (κ1) is 25.6. The zero-order chi connectivity index (χ0) is 25.0. The van der Waals surface area contributed by atoms with Gasteiger partial charge in [0.25, 0.3) is 5.91 Å². The second-order valence-electron chi connectivity index (χ2n) is 7.35. The molecule has 2 amide bonds. The van der Waals surface area contributed by atoms with Crippen LogP contribution in [-0.4, -0.2) is 38.8 Å². The molecule has 0 aliphatic carbocycles. The summed E-state index contributed by atoms with van der Waals surface area (Å²) in [6, 6.07) is 19.4. The van der Waals surface area contributed by atoms with Crippen LogP contribution in [0.3, 0.4) is 0 Å². The molecule has 0 saturated carbocycles. The van der Waals surface area contributed by atoms with E-state index < -0.39 is 0 Å². The zero-order valence-corrected chi connectivity index (χ0v) is 20.2. The molecule has 0 saturated heterocycles. The number of carbonyl (C=O) groups excluding carboxylic acids is 2. The lowest BCUT2D eigenvalue weighted by Gasteiger charge is -2.11. The van der Waals surface area contributed by atoms with Crippen molar-refractivity contribution in [2.24, 2.45) is 5.10 Å². The van der Waals surface area contributed by atoms with Crippen molar-refractivity contribution >= 4 is 29.6 Å². The van der Waals surface area contributed by atoms with Gasteiger partial charge in [0.15, 0.2) is 11.5 Å². The van der Waals surface area contributed by atoms with E-state index in [1.807, 2.05) is 12.1 Å². The van der Waals surface area contributed by atoms with Crippen LogP contribution in [0.5, 0.6) is 17.2 Å². The molecule has 0 atom stereocenters. The normalized spacial score (nSPS) is 10.6. The summed E-state index contributed by atoms with van der Waals surface area (Å²) in [5.41, 5.74) is 4.62. The molecule has 2 N–H and O–H groups in total. The van der Waals surface area contributed by atoms with E-state index in [2.05, 4.69) is 15.8 Å². The van der Waals surface area contributed by atoms with Crippen LogP contribution in [0.1, 0.15) is 27.9 Å². The monoisotopic (exact) mass is 495 g/mol. The van der Waals surface area contributed by atoms with Crippen LogP contribution in [-0.2, 0) is 11.4 Å². The number of nitrogens with one attached hydrogen (secondary N) is 2. The molecular weight excluding hydrogens is 470 g/mol. The van der Waals surface area contributed by atoms with Crippen LogP contribution >= 0.6 is 11.6 Å². The quantitative estimate of drug-likeness (QED) is 0.307. The van der Waals surface area contributed by atoms with Crippen LogP contribution in [0.2, 0.25) is 5.02 Å². The number of carbonyl (C=O) groups is 2. The molecular formula is C26H26ClN3O5. The van der Waals surface area contributed by atoms with Gasteiger partial charge in [-0.3, -0.25) is 9.59 Å². The Hall–Kier alpha value is -4.04. The van der Waals surface area contributed by atoms with Gasteiger partial charge in [-0.15, -0.1) is 0 Å². The number of halogens is 1. The van der Waals surface area contributed by atoms with Crippen molar-refractivity contribution in [2.75, 3.05) is 20.8 Å². The molecule has 0 heterocycles. The average molecular weight is 496 g/mol. The first-order valence-corrected chi connectivity index (χ1v) is 11.2. The van der Waals surface area contributed by atoms with Gasteiger partial charge < -0.3 is 19.5 Å². The lowest BCUT2D eigenvalue weighted by atomic mass is 10.2. The van der Waals surface area contributed by atoms with E-state index in [0.29, 0.717) is 40.0 Å². The van der Waals surface area contributed by atoms with Gasteiger partial charge in [-0.25, -0.2) is 5.43 Å². The van der Waals surface area contributed by atoms with Gasteiger partial charge in [0.1, 0.15) is 12.4 Å². The first-order valence-electron chi connectivity index (χ1n) is 10.8. The molecule has 0 radical (unpaired) electrons. The standard InChI is InChI=1S/C26H26ClN3O5/c1-33-22-10-6-20(7-11-22)26(32)28-14-13-25(31)30-29-16-19-5-12-23(24(15-19)34-2)35-17-18-3-8-21(27)9-4-18/h3-12,15-16H,13-14,17H2,1-2H3,(H,28,32)(H,30,31). The number of nitrogens with zero attached hydrogens (tertiary/aromatic N) is 1. The summed E-state index contributed by atoms with van der Waals surface area (Å²) in [6.45, 7) is 0.547. The van der Waals surface area contributed by atoms with Gasteiger partial charge in [0.2, 0.25) is 5.91 Å². The average Bonchev–Trinajstić information content (AvgIpc) is 2.88. The van der Waals surface area contributed by atoms with Crippen molar-refractivity contribution in [3.63, 3.8) is 0 Å². The number of amides is 2. The molecule has 0 aliphatic heterocycles. The molecule has 3 aromatic carbocycles. The summed E-state index contributed by atoms with van der Waals surface area (Å²) in [4.78, 5) is 24.1. The maximum absolute atomic E-state index is 12.1. The Labute approximate surface area is 208 Å². The van der Waals surface area contributed by atoms with Crippen molar-refractivity contribution < 1.29 is 23.8 Å². The fourth-order valence-corrected chi connectivity index (χ4v) is 3.12. The van der Waals surface area contributed by atoms with Crippen LogP contribution < -0.4 is 25.0 Å². The third-order valence-corrected chi connectivity index (χ3v) is 5.14. The van der Waals surface area contributed by atoms with Gasteiger partial charge in [-0.1, -0.05) is 23.7 Å². The molecule has 3 aromatic rings. The fourth-order valence-electron chi connectivity index (χ4n) is 2.99. The number of ether oxygens (including phenoxy) is 3. The lowest BCUT2D eigenvalue weighted by Crippen LogP contribution is -2.29. The van der Waals surface area contributed by atoms with Gasteiger partial charge in [-0.2, -0.15) is 5.10 Å². The highest BCUT2D eigenvalue weighted by molar-refractivity contribution is 6.30. The van der Waals surface area contributed by atoms with Gasteiger partial charge in [0, 0.05) is 23.6 Å². The molecule has 0 fully saturated rings. The Bertz CT molecular complexity index is 1160. The maximum Gasteiger partial charge on any atom is 0.251 e. The van der Waals surface area contributed by atoms with Gasteiger partial charge >= 0.3 is 0 Å². The molecule has 8 nitrogen and oxygen atoms in total. The van der Waals surface area contributed by atoms with Crippen LogP contribution in [0.25, 0.3) is 0 Å². The predicted molar refractivity (Wildman–Crippen MR) is 134 cm³/mol. The van der Waals surface area contributed by atoms with E-state index in [9.17, 15) is 9.59 Å². The highest BCUT2D eigenvalue weighted by atomic mass is 35.5. The summed E-state index contributed by atoms with van der Waals surface area (Å²) in [7, 11) is 3.11. The third-order valence-electron chi connectivity index (χ3n) is 4.89. The molecule has 0 aromatic heterocycles. The van der Waals surface area contributed by atoms with E-state index in [-0.39, 0.29) is 24.8 Å². The third kappa shape index (κ3) is 8.04. The molecule has 0 spiro atoms. The number of hydrogen-bond donors (Lipinski definition) is 2. The molecule has 0 aliphatic rings. The molecule has 0 bridgehead atoms. The Morgan fingerprint density at radius 3 is 2.37 bits per heavy atom. The van der Waals surface area contributed by atoms with Crippen molar-refractivity contribution in [1.29, 1.82) is 0 Å². The van der Waals surface area contributed by atoms with Crippen LogP contribution in [0, 0.1) is 0 Å². The predicted octanol–water partition coefficient (Wildman–Crippen LogP) is 4.21. The van der Waals surface area contributed by atoms with E-state index in [1.165, 1.54) is 6.21 Å². The van der Waals surface area contributed by atoms with E-state index in [0.717, 1.165) is 5.56 Å². The molecule has 9 heteroatoms. The molecule has 182 valence electrons. The number of hydrogen-bond acceptors (Lipinski definition) is 6. The molecule has 3 rings (SSSR count). The van der Waals surface area contributed by atoms with Crippen molar-refractivity contribution in [3.8, 4) is 17.2 Å². The topological polar surface area (TPSA) is 98.2 Å². The van der Waals surface area contributed by atoms with Crippen molar-refractivity contribution in [3.05, 3.63) is 88.4 Å². The number of hydrazone groups is 1. The Balaban J connectivity index is 1.44. The summed E-state index contributed by atoms with van der Waals surface area (Å²) >= 11 is 5.90. The van der Waals surface area contributed by atoms with Gasteiger partial charge in [0.05, 0.1) is 20.4 Å². The second-order valence-corrected chi connectivity index (χ2v) is 7.79. The molecule has 0 unspecified atom stereocenters. The Kier molecular flexibility index (Phi) is 9.50. The number of benzene rings is 3. The highest BCUT2D eigenvalue weighted by Gasteiger charge is 2.08. The summed E-state index contributed by atoms with van der Waals surface area (Å²) in [5.74, 6) is 1.18. The largest absolute Gasteiger partial charge is 0.497 e. The minimum atomic E-state index is -0.328. The second kappa shape index (κ2) is 13.0. The van der Waals surface area contributed by atoms with E-state index in [4.69, 9.17) is 25.8 Å². The smallest absolute Gasteiger partial charge is 0.251 e. The van der Waals surface area contributed by atoms with Gasteiger partial charge in [-0.05, 0) is 65.7 Å². The zero-order valence-electron chi connectivity index (χ0n) is 19.4. The number of rotatable bonds is 11. The number of methoxy groups -OCH3 is 2. The highest BCUT2D eigenvalue weighted by Crippen LogP contribution is 2.28. The van der Waals surface area contributed by atoms with Crippen molar-refractivity contribution in [2.45, 2.75) is 13.0 Å². The summed E-state index contributed by atoms with van der Waals surface area (Å²) in [5, 5.41) is 7.32. The van der Waals surface area contributed by atoms with E-state index >= 15 is 0 Å². The lowest BCUT2D eigenvalue weighted by molar-refractivity contribution is -0.120. The molecule has 35 heavy (non-hydrogen) atoms. The SMILES string of the molecule is COc1ccc(C(=O)NCCC(=O)NN=Cc2ccc(OCc3ccc(Cl)cc3)c(OC)c2)cc1. The Morgan fingerprint density at radius 2 is 1.69 bits per heavy atom.